The maximum atomic E-state index is 13.0. The summed E-state index contributed by atoms with van der Waals surface area (Å²) in [4.78, 5) is 43.3. The summed E-state index contributed by atoms with van der Waals surface area (Å²) in [6.45, 7) is 1.17. The Morgan fingerprint density at radius 2 is 1.91 bits per heavy atom. The van der Waals surface area contributed by atoms with Crippen molar-refractivity contribution in [3.05, 3.63) is 29.1 Å². The highest BCUT2D eigenvalue weighted by molar-refractivity contribution is 6.03. The number of carbonyl (C=O) groups is 3. The summed E-state index contributed by atoms with van der Waals surface area (Å²) in [6.07, 6.45) is 4.09. The Morgan fingerprint density at radius 3 is 2.65 bits per heavy atom. The Kier molecular flexibility index (Phi) is 6.75. The molecular weight excluding hydrogens is 446 g/mol. The Labute approximate surface area is 195 Å². The molecule has 2 aliphatic rings. The number of aromatic nitrogens is 3. The van der Waals surface area contributed by atoms with Crippen LogP contribution in [0.1, 0.15) is 50.6 Å². The highest BCUT2D eigenvalue weighted by Gasteiger charge is 2.32. The van der Waals surface area contributed by atoms with E-state index in [4.69, 9.17) is 14.2 Å². The van der Waals surface area contributed by atoms with Crippen LogP contribution in [0.2, 0.25) is 0 Å². The molecule has 0 bridgehead atoms. The van der Waals surface area contributed by atoms with E-state index in [1.165, 1.54) is 26.0 Å². The fourth-order valence-electron chi connectivity index (χ4n) is 4.02. The summed E-state index contributed by atoms with van der Waals surface area (Å²) in [7, 11) is 3.89. The van der Waals surface area contributed by atoms with Gasteiger partial charge in [-0.3, -0.25) is 9.79 Å². The number of hydrogen-bond donors (Lipinski definition) is 0. The number of hydrogen-bond acceptors (Lipinski definition) is 10. The van der Waals surface area contributed by atoms with Gasteiger partial charge < -0.3 is 23.8 Å². The molecule has 34 heavy (non-hydrogen) atoms. The molecule has 1 aromatic carbocycles. The molecule has 180 valence electrons. The summed E-state index contributed by atoms with van der Waals surface area (Å²) in [6, 6.07) is 3.35. The van der Waals surface area contributed by atoms with Crippen LogP contribution in [0.3, 0.4) is 0 Å². The van der Waals surface area contributed by atoms with Gasteiger partial charge in [-0.15, -0.1) is 5.10 Å². The van der Waals surface area contributed by atoms with Crippen molar-refractivity contribution in [1.29, 1.82) is 0 Å². The van der Waals surface area contributed by atoms with Crippen molar-refractivity contribution in [1.82, 2.24) is 19.9 Å². The molecule has 0 aliphatic carbocycles. The molecule has 0 radical (unpaired) electrons. The third-order valence-electron chi connectivity index (χ3n) is 5.72. The maximum absolute atomic E-state index is 13.0. The number of aliphatic imine (C=N–C) groups is 1. The predicted molar refractivity (Wildman–Crippen MR) is 118 cm³/mol. The molecule has 3 heterocycles. The molecule has 1 fully saturated rings. The molecule has 12 nitrogen and oxygen atoms in total. The zero-order chi connectivity index (χ0) is 24.2. The number of ether oxygens (including phenoxy) is 4. The van der Waals surface area contributed by atoms with Crippen LogP contribution >= 0.6 is 0 Å². The van der Waals surface area contributed by atoms with Crippen LogP contribution in [0.5, 0.6) is 11.5 Å². The first-order valence-electron chi connectivity index (χ1n) is 10.8. The Hall–Kier alpha value is -3.96. The number of fused-ring (bicyclic) bond motifs is 2. The van der Waals surface area contributed by atoms with E-state index in [0.717, 1.165) is 12.8 Å². The van der Waals surface area contributed by atoms with Gasteiger partial charge in [0.1, 0.15) is 0 Å². The van der Waals surface area contributed by atoms with E-state index in [1.807, 2.05) is 11.1 Å². The number of methoxy groups -OCH3 is 3. The molecule has 1 atom stereocenters. The Morgan fingerprint density at radius 1 is 1.12 bits per heavy atom. The van der Waals surface area contributed by atoms with E-state index >= 15 is 0 Å². The molecule has 2 aliphatic heterocycles. The monoisotopic (exact) mass is 471 g/mol. The van der Waals surface area contributed by atoms with Crippen LogP contribution in [-0.2, 0) is 16.0 Å². The third kappa shape index (κ3) is 4.30. The number of esters is 2. The minimum atomic E-state index is -0.784. The largest absolute Gasteiger partial charge is 0.493 e. The number of aryl methyl sites for hydroxylation is 1. The van der Waals surface area contributed by atoms with Crippen LogP contribution < -0.4 is 9.47 Å². The summed E-state index contributed by atoms with van der Waals surface area (Å²) < 4.78 is 22.0. The third-order valence-corrected chi connectivity index (χ3v) is 5.72. The Balaban J connectivity index is 1.47. The van der Waals surface area contributed by atoms with Gasteiger partial charge in [-0.25, -0.2) is 14.3 Å². The van der Waals surface area contributed by atoms with Gasteiger partial charge in [0.25, 0.3) is 5.91 Å². The normalized spacial score (nSPS) is 16.5. The topological polar surface area (TPSA) is 134 Å². The van der Waals surface area contributed by atoms with Gasteiger partial charge in [0.15, 0.2) is 17.2 Å². The second-order valence-corrected chi connectivity index (χ2v) is 7.70. The number of benzene rings is 1. The van der Waals surface area contributed by atoms with Crippen LogP contribution in [0.4, 0.5) is 5.69 Å². The van der Waals surface area contributed by atoms with Gasteiger partial charge >= 0.3 is 11.9 Å². The molecule has 2 aromatic rings. The minimum absolute atomic E-state index is 0.0110. The van der Waals surface area contributed by atoms with Crippen LogP contribution in [0.15, 0.2) is 17.1 Å². The molecule has 0 saturated carbocycles. The lowest BCUT2D eigenvalue weighted by atomic mass is 10.1. The summed E-state index contributed by atoms with van der Waals surface area (Å²) in [5.41, 5.74) is 0.698. The molecule has 0 unspecified atom stereocenters. The quantitative estimate of drug-likeness (QED) is 0.416. The van der Waals surface area contributed by atoms with E-state index in [-0.39, 0.29) is 36.5 Å². The van der Waals surface area contributed by atoms with Gasteiger partial charge in [0.05, 0.1) is 45.2 Å². The second kappa shape index (κ2) is 9.89. The first-order chi connectivity index (χ1) is 16.5. The van der Waals surface area contributed by atoms with Crippen molar-refractivity contribution in [2.24, 2.45) is 4.99 Å². The van der Waals surface area contributed by atoms with Crippen molar-refractivity contribution in [2.45, 2.75) is 31.8 Å². The first-order valence-corrected chi connectivity index (χ1v) is 10.8. The Bertz CT molecular complexity index is 1140. The van der Waals surface area contributed by atoms with E-state index < -0.39 is 11.9 Å². The predicted octanol–water partition coefficient (Wildman–Crippen LogP) is 1.65. The SMILES string of the molecule is COC(=O)c1nnn(CCCOc2cc3c(cc2OC)C(=O)N2CCC[C@H]2C=N3)c1C(=O)OC. The molecule has 0 N–H and O–H groups in total. The van der Waals surface area contributed by atoms with Crippen LogP contribution in [0, 0.1) is 0 Å². The van der Waals surface area contributed by atoms with Crippen molar-refractivity contribution >= 4 is 29.7 Å². The smallest absolute Gasteiger partial charge is 0.361 e. The van der Waals surface area contributed by atoms with E-state index in [9.17, 15) is 14.4 Å². The minimum Gasteiger partial charge on any atom is -0.493 e. The molecule has 1 aromatic heterocycles. The average Bonchev–Trinajstić information content (AvgIpc) is 3.48. The van der Waals surface area contributed by atoms with Gasteiger partial charge in [0.2, 0.25) is 5.69 Å². The van der Waals surface area contributed by atoms with Gasteiger partial charge in [-0.2, -0.15) is 0 Å². The average molecular weight is 471 g/mol. The number of nitrogens with zero attached hydrogens (tertiary/aromatic N) is 5. The lowest BCUT2D eigenvalue weighted by Crippen LogP contribution is -2.35. The summed E-state index contributed by atoms with van der Waals surface area (Å²) in [5, 5.41) is 7.59. The van der Waals surface area contributed by atoms with Gasteiger partial charge in [-0.05, 0) is 18.9 Å². The number of amides is 1. The van der Waals surface area contributed by atoms with Crippen molar-refractivity contribution in [3.63, 3.8) is 0 Å². The molecule has 12 heteroatoms. The second-order valence-electron chi connectivity index (χ2n) is 7.70. The number of rotatable bonds is 8. The number of carbonyl (C=O) groups excluding carboxylic acids is 3. The van der Waals surface area contributed by atoms with E-state index in [2.05, 4.69) is 20.0 Å². The zero-order valence-electron chi connectivity index (χ0n) is 19.1. The van der Waals surface area contributed by atoms with Crippen molar-refractivity contribution in [2.75, 3.05) is 34.5 Å². The summed E-state index contributed by atoms with van der Waals surface area (Å²) >= 11 is 0. The summed E-state index contributed by atoms with van der Waals surface area (Å²) in [5.74, 6) is -0.739. The maximum Gasteiger partial charge on any atom is 0.361 e. The van der Waals surface area contributed by atoms with Gasteiger partial charge in [0, 0.05) is 31.8 Å². The van der Waals surface area contributed by atoms with Crippen molar-refractivity contribution < 1.29 is 33.3 Å². The van der Waals surface area contributed by atoms with Crippen LogP contribution in [0.25, 0.3) is 0 Å². The molecule has 0 spiro atoms. The molecule has 1 saturated heterocycles. The lowest BCUT2D eigenvalue weighted by Gasteiger charge is -2.20. The fourth-order valence-corrected chi connectivity index (χ4v) is 4.02. The zero-order valence-corrected chi connectivity index (χ0v) is 19.1. The van der Waals surface area contributed by atoms with Crippen molar-refractivity contribution in [3.8, 4) is 11.5 Å². The lowest BCUT2D eigenvalue weighted by molar-refractivity contribution is 0.0543. The van der Waals surface area contributed by atoms with E-state index in [0.29, 0.717) is 35.7 Å². The molecular formula is C22H25N5O7. The van der Waals surface area contributed by atoms with Gasteiger partial charge in [-0.1, -0.05) is 5.21 Å². The molecule has 4 rings (SSSR count). The van der Waals surface area contributed by atoms with E-state index in [1.54, 1.807) is 12.1 Å². The molecule has 1 amide bonds. The first kappa shape index (κ1) is 23.2. The van der Waals surface area contributed by atoms with Crippen LogP contribution in [-0.4, -0.2) is 84.5 Å². The highest BCUT2D eigenvalue weighted by Crippen LogP contribution is 2.38. The fraction of sp³-hybridized carbons (Fsp3) is 0.455. The highest BCUT2D eigenvalue weighted by atomic mass is 16.5. The standard InChI is InChI=1S/C22H25N5O7/c1-31-16-10-14-15(23-12-13-6-4-7-26(13)20(14)28)11-17(16)34-9-5-8-27-19(22(30)33-3)18(24-25-27)21(29)32-2/h10-13H,4-9H2,1-3H3/t13-/m0/s1.